The van der Waals surface area contributed by atoms with Gasteiger partial charge in [-0.2, -0.15) is 5.26 Å². The largest absolute Gasteiger partial charge is 0.508 e. The fourth-order valence-electron chi connectivity index (χ4n) is 1.40. The summed E-state index contributed by atoms with van der Waals surface area (Å²) in [5.74, 6) is 0.186. The van der Waals surface area contributed by atoms with E-state index in [-0.39, 0.29) is 5.75 Å². The number of allylic oxidation sites excluding steroid dienone is 1. The van der Waals surface area contributed by atoms with Crippen LogP contribution in [0.15, 0.2) is 29.6 Å². The van der Waals surface area contributed by atoms with E-state index in [0.717, 1.165) is 11.3 Å². The SMILES string of the molecule is Cc1csc(/C(C#N)=C\c2cccc(O)c2)n1. The normalized spacial score (nSPS) is 11.2. The number of nitriles is 1. The number of nitrogens with zero attached hydrogens (tertiary/aromatic N) is 2. The molecule has 1 N–H and O–H groups in total. The maximum Gasteiger partial charge on any atom is 0.134 e. The zero-order valence-electron chi connectivity index (χ0n) is 9.21. The van der Waals surface area contributed by atoms with Crippen molar-refractivity contribution >= 4 is 23.0 Å². The van der Waals surface area contributed by atoms with Gasteiger partial charge in [0.05, 0.1) is 5.57 Å². The van der Waals surface area contributed by atoms with Crippen LogP contribution in [0.2, 0.25) is 0 Å². The molecule has 2 rings (SSSR count). The van der Waals surface area contributed by atoms with Crippen LogP contribution in [0.1, 0.15) is 16.3 Å². The molecular formula is C13H10N2OS. The highest BCUT2D eigenvalue weighted by Crippen LogP contribution is 2.22. The number of aromatic nitrogens is 1. The minimum Gasteiger partial charge on any atom is -0.508 e. The van der Waals surface area contributed by atoms with Gasteiger partial charge in [0.1, 0.15) is 16.8 Å². The monoisotopic (exact) mass is 242 g/mol. The second kappa shape index (κ2) is 4.81. The first kappa shape index (κ1) is 11.4. The molecule has 0 radical (unpaired) electrons. The highest BCUT2D eigenvalue weighted by Gasteiger charge is 2.05. The lowest BCUT2D eigenvalue weighted by atomic mass is 10.1. The second-order valence-electron chi connectivity index (χ2n) is 3.56. The summed E-state index contributed by atoms with van der Waals surface area (Å²) in [4.78, 5) is 4.27. The molecule has 1 aromatic carbocycles. The van der Waals surface area contributed by atoms with E-state index in [1.165, 1.54) is 11.3 Å². The smallest absolute Gasteiger partial charge is 0.134 e. The van der Waals surface area contributed by atoms with Gasteiger partial charge in [-0.3, -0.25) is 0 Å². The Morgan fingerprint density at radius 2 is 2.35 bits per heavy atom. The number of aromatic hydroxyl groups is 1. The molecule has 0 aliphatic rings. The summed E-state index contributed by atoms with van der Waals surface area (Å²) in [5, 5.41) is 21.1. The lowest BCUT2D eigenvalue weighted by molar-refractivity contribution is 0.475. The summed E-state index contributed by atoms with van der Waals surface area (Å²) in [6.45, 7) is 1.89. The summed E-state index contributed by atoms with van der Waals surface area (Å²) < 4.78 is 0. The predicted molar refractivity (Wildman–Crippen MR) is 68.4 cm³/mol. The van der Waals surface area contributed by atoms with E-state index in [4.69, 9.17) is 5.26 Å². The molecule has 0 aliphatic heterocycles. The lowest BCUT2D eigenvalue weighted by Crippen LogP contribution is -1.81. The Morgan fingerprint density at radius 1 is 1.53 bits per heavy atom. The molecule has 0 saturated carbocycles. The van der Waals surface area contributed by atoms with E-state index in [1.807, 2.05) is 18.4 Å². The Labute approximate surface area is 103 Å². The van der Waals surface area contributed by atoms with Crippen LogP contribution in [0.25, 0.3) is 11.6 Å². The van der Waals surface area contributed by atoms with Crippen molar-refractivity contribution in [3.63, 3.8) is 0 Å². The third kappa shape index (κ3) is 2.71. The fourth-order valence-corrected chi connectivity index (χ4v) is 2.16. The lowest BCUT2D eigenvalue weighted by Gasteiger charge is -1.96. The van der Waals surface area contributed by atoms with Crippen LogP contribution in [0.3, 0.4) is 0 Å². The standard InChI is InChI=1S/C13H10N2OS/c1-9-8-17-13(15-9)11(7-14)5-10-3-2-4-12(16)6-10/h2-6,8,16H,1H3/b11-5-. The minimum atomic E-state index is 0.186. The number of aryl methyl sites for hydroxylation is 1. The molecule has 84 valence electrons. The molecule has 1 aromatic heterocycles. The topological polar surface area (TPSA) is 56.9 Å². The fraction of sp³-hybridized carbons (Fsp3) is 0.0769. The maximum absolute atomic E-state index is 9.35. The maximum atomic E-state index is 9.35. The molecule has 3 nitrogen and oxygen atoms in total. The van der Waals surface area contributed by atoms with Gasteiger partial charge in [0.2, 0.25) is 0 Å². The summed E-state index contributed by atoms with van der Waals surface area (Å²) in [5.41, 5.74) is 2.20. The quantitative estimate of drug-likeness (QED) is 0.822. The molecule has 0 spiro atoms. The first-order valence-corrected chi connectivity index (χ1v) is 5.90. The molecule has 17 heavy (non-hydrogen) atoms. The van der Waals surface area contributed by atoms with E-state index in [9.17, 15) is 5.11 Å². The van der Waals surface area contributed by atoms with Gasteiger partial charge in [0.15, 0.2) is 0 Å². The second-order valence-corrected chi connectivity index (χ2v) is 4.42. The number of hydrogen-bond acceptors (Lipinski definition) is 4. The number of thiazole rings is 1. The van der Waals surface area contributed by atoms with Crippen LogP contribution in [-0.4, -0.2) is 10.1 Å². The van der Waals surface area contributed by atoms with Gasteiger partial charge >= 0.3 is 0 Å². The van der Waals surface area contributed by atoms with Crippen LogP contribution in [0, 0.1) is 18.3 Å². The van der Waals surface area contributed by atoms with Crippen molar-refractivity contribution in [3.05, 3.63) is 45.9 Å². The van der Waals surface area contributed by atoms with Crippen molar-refractivity contribution < 1.29 is 5.11 Å². The average molecular weight is 242 g/mol. The number of phenols is 1. The summed E-state index contributed by atoms with van der Waals surface area (Å²) in [6, 6.07) is 8.90. The highest BCUT2D eigenvalue weighted by atomic mass is 32.1. The van der Waals surface area contributed by atoms with Crippen molar-refractivity contribution in [2.45, 2.75) is 6.92 Å². The van der Waals surface area contributed by atoms with E-state index in [1.54, 1.807) is 24.3 Å². The summed E-state index contributed by atoms with van der Waals surface area (Å²) in [7, 11) is 0. The van der Waals surface area contributed by atoms with Crippen LogP contribution < -0.4 is 0 Å². The Morgan fingerprint density at radius 3 is 2.94 bits per heavy atom. The van der Waals surface area contributed by atoms with Gasteiger partial charge in [0, 0.05) is 11.1 Å². The van der Waals surface area contributed by atoms with E-state index < -0.39 is 0 Å². The molecule has 0 saturated heterocycles. The van der Waals surface area contributed by atoms with Gasteiger partial charge in [-0.1, -0.05) is 12.1 Å². The van der Waals surface area contributed by atoms with Crippen molar-refractivity contribution in [3.8, 4) is 11.8 Å². The van der Waals surface area contributed by atoms with Crippen LogP contribution >= 0.6 is 11.3 Å². The molecule has 0 aliphatic carbocycles. The molecule has 2 aromatic rings. The Bertz CT molecular complexity index is 608. The molecule has 1 heterocycles. The third-order valence-corrected chi connectivity index (χ3v) is 3.14. The average Bonchev–Trinajstić information content (AvgIpc) is 2.73. The molecule has 0 atom stereocenters. The van der Waals surface area contributed by atoms with Crippen LogP contribution in [0.4, 0.5) is 0 Å². The van der Waals surface area contributed by atoms with E-state index in [2.05, 4.69) is 11.1 Å². The predicted octanol–water partition coefficient (Wildman–Crippen LogP) is 3.22. The highest BCUT2D eigenvalue weighted by molar-refractivity contribution is 7.11. The molecule has 4 heteroatoms. The summed E-state index contributed by atoms with van der Waals surface area (Å²) >= 11 is 1.44. The molecule has 0 amide bonds. The zero-order chi connectivity index (χ0) is 12.3. The number of rotatable bonds is 2. The Hall–Kier alpha value is -2.12. The zero-order valence-corrected chi connectivity index (χ0v) is 10.0. The van der Waals surface area contributed by atoms with E-state index in [0.29, 0.717) is 10.6 Å². The molecule has 0 fully saturated rings. The van der Waals surface area contributed by atoms with Crippen molar-refractivity contribution in [2.75, 3.05) is 0 Å². The minimum absolute atomic E-state index is 0.186. The van der Waals surface area contributed by atoms with Gasteiger partial charge in [-0.05, 0) is 30.7 Å². The van der Waals surface area contributed by atoms with Gasteiger partial charge in [-0.25, -0.2) is 4.98 Å². The van der Waals surface area contributed by atoms with Crippen LogP contribution in [0.5, 0.6) is 5.75 Å². The van der Waals surface area contributed by atoms with Gasteiger partial charge in [-0.15, -0.1) is 11.3 Å². The molecule has 0 bridgehead atoms. The van der Waals surface area contributed by atoms with Crippen molar-refractivity contribution in [2.24, 2.45) is 0 Å². The number of hydrogen-bond donors (Lipinski definition) is 1. The first-order chi connectivity index (χ1) is 8.19. The van der Waals surface area contributed by atoms with Crippen LogP contribution in [-0.2, 0) is 0 Å². The first-order valence-electron chi connectivity index (χ1n) is 5.02. The van der Waals surface area contributed by atoms with Gasteiger partial charge in [0.25, 0.3) is 0 Å². The number of benzene rings is 1. The van der Waals surface area contributed by atoms with E-state index >= 15 is 0 Å². The summed E-state index contributed by atoms with van der Waals surface area (Å²) in [6.07, 6.45) is 1.72. The molecular weight excluding hydrogens is 232 g/mol. The van der Waals surface area contributed by atoms with Crippen molar-refractivity contribution in [1.82, 2.24) is 4.98 Å². The molecule has 0 unspecified atom stereocenters. The Balaban J connectivity index is 2.40. The Kier molecular flexibility index (Phi) is 3.22. The number of phenolic OH excluding ortho intramolecular Hbond substituents is 1. The third-order valence-electron chi connectivity index (χ3n) is 2.15. The van der Waals surface area contributed by atoms with Gasteiger partial charge < -0.3 is 5.11 Å². The van der Waals surface area contributed by atoms with Crippen molar-refractivity contribution in [1.29, 1.82) is 5.26 Å².